The van der Waals surface area contributed by atoms with E-state index in [2.05, 4.69) is 36.2 Å². The van der Waals surface area contributed by atoms with Gasteiger partial charge >= 0.3 is 0 Å². The van der Waals surface area contributed by atoms with Crippen molar-refractivity contribution in [3.05, 3.63) is 41.2 Å². The zero-order valence-electron chi connectivity index (χ0n) is 8.38. The highest BCUT2D eigenvalue weighted by Crippen LogP contribution is 2.29. The molecule has 0 unspecified atom stereocenters. The molecule has 0 saturated carbocycles. The maximum absolute atomic E-state index is 4.68. The SMILES string of the molecule is Cc1nc2c(c3ccccc13)CCC2. The Kier molecular flexibility index (Phi) is 1.60. The van der Waals surface area contributed by atoms with Crippen molar-refractivity contribution in [1.29, 1.82) is 0 Å². The van der Waals surface area contributed by atoms with Gasteiger partial charge in [0.2, 0.25) is 0 Å². The van der Waals surface area contributed by atoms with E-state index in [1.165, 1.54) is 47.0 Å². The molecular formula is C13H13N. The van der Waals surface area contributed by atoms with Gasteiger partial charge < -0.3 is 0 Å². The summed E-state index contributed by atoms with van der Waals surface area (Å²) in [7, 11) is 0. The molecule has 0 fully saturated rings. The Hall–Kier alpha value is -1.37. The molecule has 0 N–H and O–H groups in total. The van der Waals surface area contributed by atoms with Gasteiger partial charge in [-0.2, -0.15) is 0 Å². The molecule has 1 heterocycles. The zero-order valence-corrected chi connectivity index (χ0v) is 8.38. The number of hydrogen-bond donors (Lipinski definition) is 0. The molecule has 1 aliphatic rings. The van der Waals surface area contributed by atoms with E-state index in [0.29, 0.717) is 0 Å². The first-order valence-electron chi connectivity index (χ1n) is 5.23. The highest BCUT2D eigenvalue weighted by molar-refractivity contribution is 5.88. The summed E-state index contributed by atoms with van der Waals surface area (Å²) < 4.78 is 0. The van der Waals surface area contributed by atoms with E-state index in [4.69, 9.17) is 0 Å². The normalized spacial score (nSPS) is 14.6. The molecule has 1 aromatic carbocycles. The van der Waals surface area contributed by atoms with Crippen LogP contribution in [-0.2, 0) is 12.8 Å². The molecule has 70 valence electrons. The molecule has 14 heavy (non-hydrogen) atoms. The summed E-state index contributed by atoms with van der Waals surface area (Å²) in [6.45, 7) is 2.11. The lowest BCUT2D eigenvalue weighted by Gasteiger charge is -2.07. The molecule has 0 radical (unpaired) electrons. The van der Waals surface area contributed by atoms with E-state index in [0.717, 1.165) is 0 Å². The fourth-order valence-electron chi connectivity index (χ4n) is 2.47. The van der Waals surface area contributed by atoms with Gasteiger partial charge in [-0.3, -0.25) is 4.98 Å². The summed E-state index contributed by atoms with van der Waals surface area (Å²) in [4.78, 5) is 4.68. The Labute approximate surface area is 83.8 Å². The van der Waals surface area contributed by atoms with Gasteiger partial charge in [-0.25, -0.2) is 0 Å². The molecule has 0 aliphatic heterocycles. The first-order valence-corrected chi connectivity index (χ1v) is 5.23. The predicted molar refractivity (Wildman–Crippen MR) is 58.5 cm³/mol. The Balaban J connectivity index is 2.47. The molecule has 1 heteroatoms. The maximum atomic E-state index is 4.68. The van der Waals surface area contributed by atoms with Gasteiger partial charge in [0.05, 0.1) is 0 Å². The molecule has 2 aromatic rings. The number of fused-ring (bicyclic) bond motifs is 3. The van der Waals surface area contributed by atoms with Crippen LogP contribution in [0.1, 0.15) is 23.4 Å². The van der Waals surface area contributed by atoms with Crippen LogP contribution in [0, 0.1) is 6.92 Å². The highest BCUT2D eigenvalue weighted by atomic mass is 14.7. The minimum absolute atomic E-state index is 1.17. The second-order valence-corrected chi connectivity index (χ2v) is 4.02. The van der Waals surface area contributed by atoms with Crippen LogP contribution < -0.4 is 0 Å². The third-order valence-electron chi connectivity index (χ3n) is 3.13. The number of aryl methyl sites for hydroxylation is 3. The number of benzene rings is 1. The molecule has 0 spiro atoms. The highest BCUT2D eigenvalue weighted by Gasteiger charge is 2.16. The Morgan fingerprint density at radius 1 is 1.07 bits per heavy atom. The summed E-state index contributed by atoms with van der Waals surface area (Å²) in [6.07, 6.45) is 3.65. The van der Waals surface area contributed by atoms with Crippen LogP contribution >= 0.6 is 0 Å². The van der Waals surface area contributed by atoms with Crippen LogP contribution in [0.5, 0.6) is 0 Å². The van der Waals surface area contributed by atoms with Gasteiger partial charge in [-0.1, -0.05) is 24.3 Å². The van der Waals surface area contributed by atoms with Gasteiger partial charge in [0.25, 0.3) is 0 Å². The van der Waals surface area contributed by atoms with Crippen LogP contribution in [0.15, 0.2) is 24.3 Å². The average Bonchev–Trinajstić information content (AvgIpc) is 2.66. The van der Waals surface area contributed by atoms with Gasteiger partial charge in [-0.05, 0) is 37.1 Å². The van der Waals surface area contributed by atoms with Crippen molar-refractivity contribution >= 4 is 10.8 Å². The second-order valence-electron chi connectivity index (χ2n) is 4.02. The summed E-state index contributed by atoms with van der Waals surface area (Å²) in [5.41, 5.74) is 4.01. The molecule has 0 bridgehead atoms. The van der Waals surface area contributed by atoms with Crippen LogP contribution in [0.3, 0.4) is 0 Å². The van der Waals surface area contributed by atoms with E-state index in [1.54, 1.807) is 0 Å². The summed E-state index contributed by atoms with van der Waals surface area (Å²) in [6, 6.07) is 8.63. The third kappa shape index (κ3) is 0.985. The van der Waals surface area contributed by atoms with E-state index >= 15 is 0 Å². The Bertz CT molecular complexity index is 500. The van der Waals surface area contributed by atoms with E-state index in [1.807, 2.05) is 0 Å². The van der Waals surface area contributed by atoms with Gasteiger partial charge in [0.15, 0.2) is 0 Å². The van der Waals surface area contributed by atoms with Crippen LogP contribution in [0.25, 0.3) is 10.8 Å². The van der Waals surface area contributed by atoms with Gasteiger partial charge in [-0.15, -0.1) is 0 Å². The Morgan fingerprint density at radius 3 is 2.71 bits per heavy atom. The largest absolute Gasteiger partial charge is 0.257 e. The number of hydrogen-bond acceptors (Lipinski definition) is 1. The van der Waals surface area contributed by atoms with Crippen molar-refractivity contribution in [2.24, 2.45) is 0 Å². The average molecular weight is 183 g/mol. The summed E-state index contributed by atoms with van der Waals surface area (Å²) >= 11 is 0. The van der Waals surface area contributed by atoms with Gasteiger partial charge in [0, 0.05) is 16.8 Å². The first-order chi connectivity index (χ1) is 6.86. The third-order valence-corrected chi connectivity index (χ3v) is 3.13. The van der Waals surface area contributed by atoms with Crippen LogP contribution in [-0.4, -0.2) is 4.98 Å². The van der Waals surface area contributed by atoms with Crippen molar-refractivity contribution in [3.8, 4) is 0 Å². The molecule has 0 atom stereocenters. The van der Waals surface area contributed by atoms with Crippen molar-refractivity contribution < 1.29 is 0 Å². The predicted octanol–water partition coefficient (Wildman–Crippen LogP) is 3.03. The standard InChI is InChI=1S/C13H13N/c1-9-10-5-2-3-6-11(10)12-7-4-8-13(12)14-9/h2-3,5-6H,4,7-8H2,1H3. The fraction of sp³-hybridized carbons (Fsp3) is 0.308. The maximum Gasteiger partial charge on any atom is 0.0454 e. The van der Waals surface area contributed by atoms with Crippen molar-refractivity contribution in [1.82, 2.24) is 4.98 Å². The number of rotatable bonds is 0. The van der Waals surface area contributed by atoms with Gasteiger partial charge in [0.1, 0.15) is 0 Å². The fourth-order valence-corrected chi connectivity index (χ4v) is 2.47. The van der Waals surface area contributed by atoms with Crippen LogP contribution in [0.2, 0.25) is 0 Å². The van der Waals surface area contributed by atoms with E-state index < -0.39 is 0 Å². The molecule has 3 rings (SSSR count). The Morgan fingerprint density at radius 2 is 1.86 bits per heavy atom. The van der Waals surface area contributed by atoms with Crippen molar-refractivity contribution in [2.45, 2.75) is 26.2 Å². The minimum Gasteiger partial charge on any atom is -0.257 e. The molecule has 0 saturated heterocycles. The smallest absolute Gasteiger partial charge is 0.0454 e. The van der Waals surface area contributed by atoms with E-state index in [-0.39, 0.29) is 0 Å². The lowest BCUT2D eigenvalue weighted by atomic mass is 10.0. The molecule has 0 amide bonds. The summed E-state index contributed by atoms with van der Waals surface area (Å²) in [5, 5.41) is 2.75. The zero-order chi connectivity index (χ0) is 9.54. The number of nitrogens with zero attached hydrogens (tertiary/aromatic N) is 1. The van der Waals surface area contributed by atoms with Crippen molar-refractivity contribution in [2.75, 3.05) is 0 Å². The minimum atomic E-state index is 1.17. The summed E-state index contributed by atoms with van der Waals surface area (Å²) in [5.74, 6) is 0. The lowest BCUT2D eigenvalue weighted by Crippen LogP contribution is -1.93. The molecule has 1 aromatic heterocycles. The lowest BCUT2D eigenvalue weighted by molar-refractivity contribution is 0.897. The van der Waals surface area contributed by atoms with Crippen LogP contribution in [0.4, 0.5) is 0 Å². The quantitative estimate of drug-likeness (QED) is 0.611. The molecule has 1 nitrogen and oxygen atoms in total. The first kappa shape index (κ1) is 7.98. The monoisotopic (exact) mass is 183 g/mol. The second kappa shape index (κ2) is 2.81. The van der Waals surface area contributed by atoms with Crippen molar-refractivity contribution in [3.63, 3.8) is 0 Å². The number of pyridine rings is 1. The molecular weight excluding hydrogens is 170 g/mol. The topological polar surface area (TPSA) is 12.9 Å². The van der Waals surface area contributed by atoms with E-state index in [9.17, 15) is 0 Å². The molecule has 1 aliphatic carbocycles. The number of aromatic nitrogens is 1.